The van der Waals surface area contributed by atoms with Crippen LogP contribution in [-0.4, -0.2) is 44.6 Å². The number of hydrogen-bond acceptors (Lipinski definition) is 4. The molecule has 0 saturated heterocycles. The Bertz CT molecular complexity index is 1400. The van der Waals surface area contributed by atoms with Gasteiger partial charge < -0.3 is 4.90 Å². The van der Waals surface area contributed by atoms with Crippen LogP contribution in [0.4, 0.5) is 0 Å². The second-order valence-electron chi connectivity index (χ2n) is 9.13. The lowest BCUT2D eigenvalue weighted by molar-refractivity contribution is 0.0827. The lowest BCUT2D eigenvalue weighted by Gasteiger charge is -2.11. The molecule has 35 heavy (non-hydrogen) atoms. The van der Waals surface area contributed by atoms with Crippen LogP contribution in [0.1, 0.15) is 44.7 Å². The summed E-state index contributed by atoms with van der Waals surface area (Å²) in [4.78, 5) is 18.8. The predicted molar refractivity (Wildman–Crippen MR) is 141 cm³/mol. The van der Waals surface area contributed by atoms with Crippen LogP contribution in [0.3, 0.4) is 0 Å². The van der Waals surface area contributed by atoms with Crippen molar-refractivity contribution in [1.29, 1.82) is 0 Å². The lowest BCUT2D eigenvalue weighted by Crippen LogP contribution is -2.21. The maximum Gasteiger partial charge on any atom is 0.253 e. The average Bonchev–Trinajstić information content (AvgIpc) is 3.05. The molecule has 1 aliphatic carbocycles. The third kappa shape index (κ3) is 6.14. The highest BCUT2D eigenvalue weighted by Gasteiger charge is 2.11. The van der Waals surface area contributed by atoms with E-state index in [0.717, 1.165) is 53.6 Å². The number of carbonyl (C=O) groups is 1. The number of benzene rings is 2. The molecule has 0 N–H and O–H groups in total. The highest BCUT2D eigenvalue weighted by Crippen LogP contribution is 2.26. The summed E-state index contributed by atoms with van der Waals surface area (Å²) in [7, 11) is 0.311. The molecule has 0 aliphatic heterocycles. The zero-order valence-electron chi connectivity index (χ0n) is 20.4. The molecule has 1 aromatic heterocycles. The first-order valence-corrected chi connectivity index (χ1v) is 13.6. The number of hydrogen-bond donors (Lipinski definition) is 0. The number of fused-ring (bicyclic) bond motifs is 1. The lowest BCUT2D eigenvalue weighted by atomic mass is 10.0. The van der Waals surface area contributed by atoms with Gasteiger partial charge in [-0.1, -0.05) is 36.4 Å². The molecule has 5 nitrogen and oxygen atoms in total. The Hall–Kier alpha value is -3.51. The van der Waals surface area contributed by atoms with Crippen molar-refractivity contribution in [2.45, 2.75) is 30.6 Å². The van der Waals surface area contributed by atoms with E-state index in [4.69, 9.17) is 0 Å². The fourth-order valence-electron chi connectivity index (χ4n) is 4.18. The normalized spacial score (nSPS) is 13.1. The maximum absolute atomic E-state index is 12.2. The number of pyridine rings is 1. The van der Waals surface area contributed by atoms with E-state index in [1.54, 1.807) is 37.2 Å². The summed E-state index contributed by atoms with van der Waals surface area (Å²) >= 11 is 0. The first kappa shape index (κ1) is 24.6. The van der Waals surface area contributed by atoms with Crippen molar-refractivity contribution in [3.05, 3.63) is 106 Å². The number of nitrogens with zero attached hydrogens (tertiary/aromatic N) is 2. The van der Waals surface area contributed by atoms with Crippen molar-refractivity contribution in [3.63, 3.8) is 0 Å². The van der Waals surface area contributed by atoms with Crippen LogP contribution >= 0.6 is 0 Å². The molecule has 0 spiro atoms. The summed E-state index contributed by atoms with van der Waals surface area (Å²) in [6.45, 7) is 0. The molecule has 2 aromatic carbocycles. The minimum atomic E-state index is -3.19. The topological polar surface area (TPSA) is 67.3 Å². The van der Waals surface area contributed by atoms with Gasteiger partial charge in [0, 0.05) is 37.8 Å². The molecule has 180 valence electrons. The Kier molecular flexibility index (Phi) is 7.31. The second kappa shape index (κ2) is 10.4. The van der Waals surface area contributed by atoms with E-state index in [-0.39, 0.29) is 5.91 Å². The number of aromatic nitrogens is 1. The Morgan fingerprint density at radius 1 is 1.03 bits per heavy atom. The van der Waals surface area contributed by atoms with Crippen LogP contribution in [-0.2, 0) is 29.1 Å². The van der Waals surface area contributed by atoms with E-state index < -0.39 is 9.84 Å². The largest absolute Gasteiger partial charge is 0.345 e. The number of allylic oxidation sites excluding steroid dienone is 3. The van der Waals surface area contributed by atoms with Gasteiger partial charge in [-0.2, -0.15) is 0 Å². The van der Waals surface area contributed by atoms with Crippen LogP contribution in [0.2, 0.25) is 0 Å². The van der Waals surface area contributed by atoms with Gasteiger partial charge in [0.15, 0.2) is 9.84 Å². The van der Waals surface area contributed by atoms with Gasteiger partial charge in [0.2, 0.25) is 0 Å². The van der Waals surface area contributed by atoms with Gasteiger partial charge in [0.1, 0.15) is 0 Å². The van der Waals surface area contributed by atoms with Crippen molar-refractivity contribution in [2.75, 3.05) is 20.4 Å². The van der Waals surface area contributed by atoms with E-state index in [1.807, 2.05) is 36.5 Å². The Balaban J connectivity index is 1.45. The SMILES string of the molecule is CN(C)C(=O)c1ccc(C2=Cc3cnc(CCCc4cccc(S(C)(=O)=O)c4)cc3CC=C2)cc1. The number of amides is 1. The quantitative estimate of drug-likeness (QED) is 0.471. The number of aryl methyl sites for hydroxylation is 2. The summed E-state index contributed by atoms with van der Waals surface area (Å²) in [5, 5.41) is 0. The summed E-state index contributed by atoms with van der Waals surface area (Å²) in [6.07, 6.45) is 13.0. The van der Waals surface area contributed by atoms with Gasteiger partial charge in [0.25, 0.3) is 5.91 Å². The predicted octanol–water partition coefficient (Wildman–Crippen LogP) is 5.02. The molecular formula is C29H30N2O3S. The van der Waals surface area contributed by atoms with Crippen LogP contribution in [0.5, 0.6) is 0 Å². The molecule has 0 saturated carbocycles. The molecule has 3 aromatic rings. The Morgan fingerprint density at radius 2 is 1.80 bits per heavy atom. The number of rotatable bonds is 7. The molecule has 6 heteroatoms. The van der Waals surface area contributed by atoms with Crippen molar-refractivity contribution in [3.8, 4) is 0 Å². The molecule has 1 aliphatic rings. The Morgan fingerprint density at radius 3 is 2.51 bits per heavy atom. The van der Waals surface area contributed by atoms with E-state index >= 15 is 0 Å². The summed E-state index contributed by atoms with van der Waals surface area (Å²) in [6, 6.07) is 17.0. The number of carbonyl (C=O) groups excluding carboxylic acids is 1. The first-order chi connectivity index (χ1) is 16.7. The highest BCUT2D eigenvalue weighted by molar-refractivity contribution is 7.90. The standard InChI is InChI=1S/C29H30N2O3S/c1-31(2)29(32)23-15-13-22(14-16-23)24-9-6-10-25-19-27(30-20-26(25)18-24)11-4-7-21-8-5-12-28(17-21)35(3,33)34/h5-6,8-9,12-20H,4,7,10-11H2,1-3H3. The minimum Gasteiger partial charge on any atom is -0.345 e. The van der Waals surface area contributed by atoms with Crippen LogP contribution in [0.15, 0.2) is 77.8 Å². The Labute approximate surface area is 207 Å². The average molecular weight is 487 g/mol. The monoisotopic (exact) mass is 486 g/mol. The third-order valence-electron chi connectivity index (χ3n) is 6.12. The van der Waals surface area contributed by atoms with Crippen LogP contribution in [0.25, 0.3) is 11.6 Å². The molecule has 4 rings (SSSR count). The molecule has 1 amide bonds. The van der Waals surface area contributed by atoms with Crippen molar-refractivity contribution in [1.82, 2.24) is 9.88 Å². The molecular weight excluding hydrogens is 456 g/mol. The zero-order valence-corrected chi connectivity index (χ0v) is 21.2. The van der Waals surface area contributed by atoms with Gasteiger partial charge in [-0.3, -0.25) is 9.78 Å². The van der Waals surface area contributed by atoms with Crippen LogP contribution < -0.4 is 0 Å². The van der Waals surface area contributed by atoms with Gasteiger partial charge in [-0.15, -0.1) is 0 Å². The molecule has 0 fully saturated rings. The fraction of sp³-hybridized carbons (Fsp3) is 0.241. The first-order valence-electron chi connectivity index (χ1n) is 11.7. The van der Waals surface area contributed by atoms with Crippen LogP contribution in [0, 0.1) is 0 Å². The van der Waals surface area contributed by atoms with Gasteiger partial charge in [0.05, 0.1) is 4.90 Å². The molecule has 0 atom stereocenters. The highest BCUT2D eigenvalue weighted by atomic mass is 32.2. The molecule has 0 unspecified atom stereocenters. The smallest absolute Gasteiger partial charge is 0.253 e. The van der Waals surface area contributed by atoms with E-state index in [2.05, 4.69) is 29.3 Å². The van der Waals surface area contributed by atoms with E-state index in [0.29, 0.717) is 10.5 Å². The van der Waals surface area contributed by atoms with Gasteiger partial charge in [-0.25, -0.2) is 8.42 Å². The van der Waals surface area contributed by atoms with Gasteiger partial charge >= 0.3 is 0 Å². The summed E-state index contributed by atoms with van der Waals surface area (Å²) in [5.41, 5.74) is 7.23. The van der Waals surface area contributed by atoms with Crippen molar-refractivity contribution in [2.24, 2.45) is 0 Å². The summed E-state index contributed by atoms with van der Waals surface area (Å²) < 4.78 is 23.6. The fourth-order valence-corrected chi connectivity index (χ4v) is 4.87. The third-order valence-corrected chi connectivity index (χ3v) is 7.23. The zero-order chi connectivity index (χ0) is 25.0. The number of sulfone groups is 1. The maximum atomic E-state index is 12.2. The minimum absolute atomic E-state index is 0.00730. The molecule has 1 heterocycles. The summed E-state index contributed by atoms with van der Waals surface area (Å²) in [5.74, 6) is -0.00730. The van der Waals surface area contributed by atoms with E-state index in [9.17, 15) is 13.2 Å². The molecule has 0 bridgehead atoms. The molecule has 0 radical (unpaired) electrons. The second-order valence-corrected chi connectivity index (χ2v) is 11.1. The van der Waals surface area contributed by atoms with Crippen molar-refractivity contribution >= 4 is 27.4 Å². The van der Waals surface area contributed by atoms with Gasteiger partial charge in [-0.05, 0) is 89.9 Å². The van der Waals surface area contributed by atoms with E-state index in [1.165, 1.54) is 11.8 Å². The van der Waals surface area contributed by atoms with Crippen molar-refractivity contribution < 1.29 is 13.2 Å².